The third kappa shape index (κ3) is 8.55. The highest BCUT2D eigenvalue weighted by Gasteiger charge is 2.42. The van der Waals surface area contributed by atoms with Gasteiger partial charge in [-0.2, -0.15) is 13.2 Å². The van der Waals surface area contributed by atoms with Crippen molar-refractivity contribution in [3.63, 3.8) is 0 Å². The molecule has 2 atom stereocenters. The molecule has 0 aliphatic carbocycles. The van der Waals surface area contributed by atoms with Crippen molar-refractivity contribution in [1.82, 2.24) is 10.2 Å². The number of hydrogen-bond donors (Lipinski definition) is 1. The number of rotatable bonds is 10. The Bertz CT molecular complexity index is 606. The van der Waals surface area contributed by atoms with Crippen molar-refractivity contribution in [3.8, 4) is 0 Å². The normalized spacial score (nSPS) is 17.2. The van der Waals surface area contributed by atoms with Crippen LogP contribution in [0.2, 0.25) is 0 Å². The third-order valence-electron chi connectivity index (χ3n) is 4.38. The van der Waals surface area contributed by atoms with Crippen LogP contribution in [-0.4, -0.2) is 53.1 Å². The maximum Gasteiger partial charge on any atom is 0.403 e. The standard InChI is InChI=1S/C20H31F3N2O4/c1-13(2)17(18(28)29-19(3,4)5)24-14(20(21,22)23)9-7-6-8-12-25-15(26)10-11-16(25)27/h10-11,13-14,17,24H,6-9,12H2,1-5H3/t14?,17-/m0/s1. The number of hydrogen-bond acceptors (Lipinski definition) is 5. The summed E-state index contributed by atoms with van der Waals surface area (Å²) in [5, 5.41) is 2.43. The molecule has 0 aromatic heterocycles. The molecule has 0 radical (unpaired) electrons. The smallest absolute Gasteiger partial charge is 0.403 e. The quantitative estimate of drug-likeness (QED) is 0.333. The van der Waals surface area contributed by atoms with Gasteiger partial charge in [0.05, 0.1) is 0 Å². The van der Waals surface area contributed by atoms with Gasteiger partial charge in [-0.25, -0.2) is 0 Å². The molecule has 1 heterocycles. The van der Waals surface area contributed by atoms with Crippen LogP contribution in [0.25, 0.3) is 0 Å². The summed E-state index contributed by atoms with van der Waals surface area (Å²) in [4.78, 5) is 36.3. The highest BCUT2D eigenvalue weighted by molar-refractivity contribution is 6.12. The van der Waals surface area contributed by atoms with Crippen molar-refractivity contribution in [2.45, 2.75) is 84.2 Å². The van der Waals surface area contributed by atoms with E-state index >= 15 is 0 Å². The van der Waals surface area contributed by atoms with Gasteiger partial charge in [0.15, 0.2) is 0 Å². The molecule has 166 valence electrons. The van der Waals surface area contributed by atoms with Crippen LogP contribution < -0.4 is 5.32 Å². The fraction of sp³-hybridized carbons (Fsp3) is 0.750. The van der Waals surface area contributed by atoms with Gasteiger partial charge < -0.3 is 4.74 Å². The zero-order chi connectivity index (χ0) is 22.4. The number of halogens is 3. The van der Waals surface area contributed by atoms with E-state index in [9.17, 15) is 27.6 Å². The average Bonchev–Trinajstić information content (AvgIpc) is 2.85. The van der Waals surface area contributed by atoms with E-state index in [0.717, 1.165) is 4.90 Å². The maximum atomic E-state index is 13.5. The first-order valence-corrected chi connectivity index (χ1v) is 9.81. The summed E-state index contributed by atoms with van der Waals surface area (Å²) in [5.74, 6) is -1.89. The molecular weight excluding hydrogens is 389 g/mol. The van der Waals surface area contributed by atoms with Gasteiger partial charge in [0, 0.05) is 18.7 Å². The van der Waals surface area contributed by atoms with Crippen molar-refractivity contribution in [3.05, 3.63) is 12.2 Å². The van der Waals surface area contributed by atoms with Crippen LogP contribution >= 0.6 is 0 Å². The Kier molecular flexibility index (Phi) is 8.86. The number of alkyl halides is 3. The SMILES string of the molecule is CC(C)[C@H](NC(CCCCCN1C(=O)C=CC1=O)C(F)(F)F)C(=O)OC(C)(C)C. The summed E-state index contributed by atoms with van der Waals surface area (Å²) < 4.78 is 45.7. The van der Waals surface area contributed by atoms with Crippen molar-refractivity contribution < 1.29 is 32.3 Å². The zero-order valence-electron chi connectivity index (χ0n) is 17.6. The lowest BCUT2D eigenvalue weighted by Gasteiger charge is -2.31. The minimum absolute atomic E-state index is 0.182. The second-order valence-corrected chi connectivity index (χ2v) is 8.53. The molecule has 1 aliphatic rings. The van der Waals surface area contributed by atoms with Gasteiger partial charge in [0.1, 0.15) is 17.7 Å². The third-order valence-corrected chi connectivity index (χ3v) is 4.38. The Balaban J connectivity index is 2.59. The van der Waals surface area contributed by atoms with E-state index in [2.05, 4.69) is 5.32 Å². The Morgan fingerprint density at radius 3 is 2.07 bits per heavy atom. The van der Waals surface area contributed by atoms with Crippen LogP contribution in [0.15, 0.2) is 12.2 Å². The van der Waals surface area contributed by atoms with E-state index < -0.39 is 41.6 Å². The number of carbonyl (C=O) groups excluding carboxylic acids is 3. The van der Waals surface area contributed by atoms with Gasteiger partial charge in [-0.3, -0.25) is 24.6 Å². The fourth-order valence-corrected chi connectivity index (χ4v) is 2.90. The molecule has 0 spiro atoms. The monoisotopic (exact) mass is 420 g/mol. The predicted octanol–water partition coefficient (Wildman–Crippen LogP) is 3.36. The van der Waals surface area contributed by atoms with Gasteiger partial charge in [-0.1, -0.05) is 26.7 Å². The molecule has 0 bridgehead atoms. The molecule has 0 aromatic carbocycles. The molecule has 1 unspecified atom stereocenters. The molecular formula is C20H31F3N2O4. The molecule has 0 saturated carbocycles. The first kappa shape index (κ1) is 25.1. The molecule has 1 rings (SSSR count). The van der Waals surface area contributed by atoms with Gasteiger partial charge >= 0.3 is 12.1 Å². The molecule has 1 aliphatic heterocycles. The van der Waals surface area contributed by atoms with Crippen LogP contribution in [0.3, 0.4) is 0 Å². The highest BCUT2D eigenvalue weighted by Crippen LogP contribution is 2.26. The predicted molar refractivity (Wildman–Crippen MR) is 102 cm³/mol. The van der Waals surface area contributed by atoms with Gasteiger partial charge in [0.2, 0.25) is 0 Å². The summed E-state index contributed by atoms with van der Waals surface area (Å²) in [6, 6.07) is -2.93. The molecule has 2 amide bonds. The first-order valence-electron chi connectivity index (χ1n) is 9.81. The molecule has 0 saturated heterocycles. The minimum Gasteiger partial charge on any atom is -0.459 e. The number of unbranched alkanes of at least 4 members (excludes halogenated alkanes) is 2. The van der Waals surface area contributed by atoms with Crippen molar-refractivity contribution in [1.29, 1.82) is 0 Å². The summed E-state index contributed by atoms with van der Waals surface area (Å²) in [7, 11) is 0. The number of amides is 2. The van der Waals surface area contributed by atoms with E-state index in [1.165, 1.54) is 12.2 Å². The molecule has 29 heavy (non-hydrogen) atoms. The topological polar surface area (TPSA) is 75.7 Å². The second-order valence-electron chi connectivity index (χ2n) is 8.53. The number of esters is 1. The molecule has 9 heteroatoms. The second kappa shape index (κ2) is 10.2. The van der Waals surface area contributed by atoms with E-state index in [1.54, 1.807) is 34.6 Å². The lowest BCUT2D eigenvalue weighted by atomic mass is 10.0. The molecule has 1 N–H and O–H groups in total. The summed E-state index contributed by atoms with van der Waals surface area (Å²) >= 11 is 0. The van der Waals surface area contributed by atoms with Crippen LogP contribution in [-0.2, 0) is 19.1 Å². The van der Waals surface area contributed by atoms with Gasteiger partial charge in [-0.05, 0) is 39.5 Å². The Labute approximate surface area is 169 Å². The fourth-order valence-electron chi connectivity index (χ4n) is 2.90. The summed E-state index contributed by atoms with van der Waals surface area (Å²) in [6.45, 7) is 8.49. The van der Waals surface area contributed by atoms with Gasteiger partial charge in [0.25, 0.3) is 11.8 Å². The minimum atomic E-state index is -4.51. The van der Waals surface area contributed by atoms with Crippen molar-refractivity contribution in [2.75, 3.05) is 6.54 Å². The van der Waals surface area contributed by atoms with Crippen molar-refractivity contribution in [2.24, 2.45) is 5.92 Å². The Hall–Kier alpha value is -1.90. The van der Waals surface area contributed by atoms with E-state index in [-0.39, 0.29) is 25.3 Å². The zero-order valence-corrected chi connectivity index (χ0v) is 17.6. The molecule has 0 aromatic rings. The van der Waals surface area contributed by atoms with Crippen LogP contribution in [0.1, 0.15) is 60.3 Å². The lowest BCUT2D eigenvalue weighted by Crippen LogP contribution is -2.53. The number of carbonyl (C=O) groups is 3. The first-order chi connectivity index (χ1) is 13.2. The van der Waals surface area contributed by atoms with E-state index in [0.29, 0.717) is 12.8 Å². The van der Waals surface area contributed by atoms with Crippen LogP contribution in [0.5, 0.6) is 0 Å². The number of ether oxygens (including phenoxy) is 1. The van der Waals surface area contributed by atoms with Crippen LogP contribution in [0, 0.1) is 5.92 Å². The lowest BCUT2D eigenvalue weighted by molar-refractivity contribution is -0.170. The number of imide groups is 1. The van der Waals surface area contributed by atoms with Gasteiger partial charge in [-0.15, -0.1) is 0 Å². The maximum absolute atomic E-state index is 13.5. The molecule has 6 nitrogen and oxygen atoms in total. The number of nitrogens with one attached hydrogen (secondary N) is 1. The summed E-state index contributed by atoms with van der Waals surface area (Å²) in [5.41, 5.74) is -0.793. The Morgan fingerprint density at radius 2 is 1.62 bits per heavy atom. The largest absolute Gasteiger partial charge is 0.459 e. The van der Waals surface area contributed by atoms with Crippen molar-refractivity contribution >= 4 is 17.8 Å². The average molecular weight is 420 g/mol. The molecule has 0 fully saturated rings. The van der Waals surface area contributed by atoms with E-state index in [4.69, 9.17) is 4.74 Å². The Morgan fingerprint density at radius 1 is 1.07 bits per heavy atom. The van der Waals surface area contributed by atoms with Crippen LogP contribution in [0.4, 0.5) is 13.2 Å². The highest BCUT2D eigenvalue weighted by atomic mass is 19.4. The number of nitrogens with zero attached hydrogens (tertiary/aromatic N) is 1. The van der Waals surface area contributed by atoms with E-state index in [1.807, 2.05) is 0 Å². The summed E-state index contributed by atoms with van der Waals surface area (Å²) in [6.07, 6.45) is -1.30.